The fourth-order valence-electron chi connectivity index (χ4n) is 0.605. The summed E-state index contributed by atoms with van der Waals surface area (Å²) < 4.78 is 12.9. The van der Waals surface area contributed by atoms with Crippen LogP contribution in [0.3, 0.4) is 0 Å². The average Bonchev–Trinajstić information content (AvgIpc) is 2.00. The molecule has 0 aliphatic rings. The van der Waals surface area contributed by atoms with Crippen molar-refractivity contribution in [1.82, 2.24) is 0 Å². The molecule has 0 saturated carbocycles. The van der Waals surface area contributed by atoms with E-state index in [9.17, 15) is 4.39 Å². The van der Waals surface area contributed by atoms with Gasteiger partial charge in [0, 0.05) is 5.70 Å². The normalized spacial score (nSPS) is 15.2. The van der Waals surface area contributed by atoms with Crippen molar-refractivity contribution in [3.8, 4) is 0 Å². The quantitative estimate of drug-likeness (QED) is 0.571. The first-order valence-corrected chi connectivity index (χ1v) is 4.13. The van der Waals surface area contributed by atoms with Crippen LogP contribution < -0.4 is 0 Å². The predicted molar refractivity (Wildman–Crippen MR) is 52.0 cm³/mol. The van der Waals surface area contributed by atoms with Crippen LogP contribution in [0.15, 0.2) is 29.2 Å². The van der Waals surface area contributed by atoms with Crippen LogP contribution >= 0.6 is 0 Å². The van der Waals surface area contributed by atoms with Crippen molar-refractivity contribution in [2.24, 2.45) is 10.9 Å². The molecule has 0 fully saturated rings. The molecule has 0 aromatic rings. The minimum atomic E-state index is -0.285. The predicted octanol–water partition coefficient (Wildman–Crippen LogP) is 3.49. The van der Waals surface area contributed by atoms with E-state index in [-0.39, 0.29) is 11.7 Å². The minimum Gasteiger partial charge on any atom is -0.259 e. The summed E-state index contributed by atoms with van der Waals surface area (Å²) >= 11 is 0. The lowest BCUT2D eigenvalue weighted by Gasteiger charge is -1.98. The van der Waals surface area contributed by atoms with Crippen molar-refractivity contribution in [1.29, 1.82) is 0 Å². The van der Waals surface area contributed by atoms with Crippen LogP contribution in [-0.2, 0) is 0 Å². The zero-order valence-corrected chi connectivity index (χ0v) is 7.97. The van der Waals surface area contributed by atoms with Crippen molar-refractivity contribution in [2.45, 2.75) is 27.2 Å². The van der Waals surface area contributed by atoms with E-state index >= 15 is 0 Å². The highest BCUT2D eigenvalue weighted by Crippen LogP contribution is 2.06. The Hall–Kier alpha value is -0.920. The number of nitrogens with zero attached hydrogens (tertiary/aromatic N) is 1. The number of rotatable bonds is 4. The lowest BCUT2D eigenvalue weighted by Crippen LogP contribution is -1.87. The van der Waals surface area contributed by atoms with Crippen molar-refractivity contribution in [2.75, 3.05) is 0 Å². The molecule has 1 nitrogen and oxygen atoms in total. The molecule has 12 heavy (non-hydrogen) atoms. The summed E-state index contributed by atoms with van der Waals surface area (Å²) in [7, 11) is 0. The van der Waals surface area contributed by atoms with Gasteiger partial charge in [-0.05, 0) is 25.3 Å². The number of aliphatic imine (C=N–C) groups is 1. The van der Waals surface area contributed by atoms with Crippen molar-refractivity contribution < 1.29 is 4.39 Å². The average molecular weight is 169 g/mol. The van der Waals surface area contributed by atoms with Crippen LogP contribution in [0, 0.1) is 5.92 Å². The Kier molecular flexibility index (Phi) is 5.26. The van der Waals surface area contributed by atoms with E-state index in [1.165, 1.54) is 6.21 Å². The zero-order chi connectivity index (χ0) is 9.56. The molecule has 0 aliphatic carbocycles. The van der Waals surface area contributed by atoms with E-state index < -0.39 is 0 Å². The molecule has 0 saturated heterocycles. The molecule has 68 valence electrons. The molecule has 0 aromatic heterocycles. The van der Waals surface area contributed by atoms with Crippen molar-refractivity contribution in [3.63, 3.8) is 0 Å². The maximum Gasteiger partial charge on any atom is 0.137 e. The maximum absolute atomic E-state index is 12.9. The third-order valence-corrected chi connectivity index (χ3v) is 1.50. The molecule has 1 atom stereocenters. The van der Waals surface area contributed by atoms with Gasteiger partial charge >= 0.3 is 0 Å². The second-order valence-electron chi connectivity index (χ2n) is 2.93. The number of hydrogen-bond acceptors (Lipinski definition) is 1. The number of hydrogen-bond donors (Lipinski definition) is 0. The Labute approximate surface area is 73.7 Å². The summed E-state index contributed by atoms with van der Waals surface area (Å²) in [6, 6.07) is 0. The maximum atomic E-state index is 12.9. The molecule has 0 radical (unpaired) electrons. The van der Waals surface area contributed by atoms with Gasteiger partial charge in [0.25, 0.3) is 0 Å². The van der Waals surface area contributed by atoms with Crippen LogP contribution in [0.1, 0.15) is 27.2 Å². The van der Waals surface area contributed by atoms with E-state index in [0.29, 0.717) is 5.70 Å². The second-order valence-corrected chi connectivity index (χ2v) is 2.93. The first-order valence-electron chi connectivity index (χ1n) is 4.13. The molecule has 1 unspecified atom stereocenters. The lowest BCUT2D eigenvalue weighted by atomic mass is 10.1. The van der Waals surface area contributed by atoms with E-state index in [4.69, 9.17) is 0 Å². The molecule has 0 rings (SSSR count). The Balaban J connectivity index is 4.10. The Morgan fingerprint density at radius 2 is 2.25 bits per heavy atom. The summed E-state index contributed by atoms with van der Waals surface area (Å²) in [5.74, 6) is -0.0195. The van der Waals surface area contributed by atoms with Crippen LogP contribution in [0.2, 0.25) is 0 Å². The zero-order valence-electron chi connectivity index (χ0n) is 7.97. The smallest absolute Gasteiger partial charge is 0.137 e. The van der Waals surface area contributed by atoms with Gasteiger partial charge in [-0.1, -0.05) is 20.4 Å². The lowest BCUT2D eigenvalue weighted by molar-refractivity contribution is 0.633. The molecule has 0 heterocycles. The van der Waals surface area contributed by atoms with Gasteiger partial charge in [0.05, 0.1) is 6.21 Å². The van der Waals surface area contributed by atoms with Crippen LogP contribution in [0.5, 0.6) is 0 Å². The van der Waals surface area contributed by atoms with E-state index in [1.54, 1.807) is 13.0 Å². The minimum absolute atomic E-state index is 0.265. The van der Waals surface area contributed by atoms with E-state index in [1.807, 2.05) is 13.8 Å². The highest BCUT2D eigenvalue weighted by atomic mass is 19.1. The van der Waals surface area contributed by atoms with Gasteiger partial charge in [-0.25, -0.2) is 4.39 Å². The molecular weight excluding hydrogens is 153 g/mol. The molecular formula is C10H16FN. The Morgan fingerprint density at radius 1 is 1.67 bits per heavy atom. The van der Waals surface area contributed by atoms with Crippen molar-refractivity contribution >= 4 is 6.21 Å². The molecule has 0 amide bonds. The topological polar surface area (TPSA) is 12.4 Å². The van der Waals surface area contributed by atoms with E-state index in [0.717, 1.165) is 6.42 Å². The third kappa shape index (κ3) is 5.83. The van der Waals surface area contributed by atoms with Crippen LogP contribution in [-0.4, -0.2) is 6.21 Å². The number of allylic oxidation sites excluding steroid dienone is 3. The van der Waals surface area contributed by atoms with Gasteiger partial charge < -0.3 is 0 Å². The van der Waals surface area contributed by atoms with Gasteiger partial charge in [-0.3, -0.25) is 4.99 Å². The van der Waals surface area contributed by atoms with Gasteiger partial charge in [-0.15, -0.1) is 0 Å². The van der Waals surface area contributed by atoms with Crippen molar-refractivity contribution in [3.05, 3.63) is 24.2 Å². The molecule has 0 bridgehead atoms. The summed E-state index contributed by atoms with van der Waals surface area (Å²) in [6.07, 6.45) is 3.70. The monoisotopic (exact) mass is 169 g/mol. The second kappa shape index (κ2) is 5.70. The Morgan fingerprint density at radius 3 is 2.67 bits per heavy atom. The number of halogens is 1. The van der Waals surface area contributed by atoms with Gasteiger partial charge in [0.2, 0.25) is 0 Å². The van der Waals surface area contributed by atoms with Gasteiger partial charge in [0.1, 0.15) is 5.83 Å². The molecule has 2 heteroatoms. The van der Waals surface area contributed by atoms with Crippen LogP contribution in [0.4, 0.5) is 4.39 Å². The highest BCUT2D eigenvalue weighted by Gasteiger charge is 1.95. The summed E-state index contributed by atoms with van der Waals surface area (Å²) in [4.78, 5) is 3.75. The van der Waals surface area contributed by atoms with E-state index in [2.05, 4.69) is 11.6 Å². The SMILES string of the molecule is C=C(C)/N=C\C(F)=C/C(C)CC. The highest BCUT2D eigenvalue weighted by molar-refractivity contribution is 5.76. The molecule has 0 aromatic carbocycles. The fourth-order valence-corrected chi connectivity index (χ4v) is 0.605. The van der Waals surface area contributed by atoms with Crippen LogP contribution in [0.25, 0.3) is 0 Å². The first-order chi connectivity index (χ1) is 5.56. The summed E-state index contributed by atoms with van der Waals surface area (Å²) in [6.45, 7) is 9.25. The Bertz CT molecular complexity index is 204. The van der Waals surface area contributed by atoms with Gasteiger partial charge in [0.15, 0.2) is 0 Å². The molecule has 0 spiro atoms. The third-order valence-electron chi connectivity index (χ3n) is 1.50. The largest absolute Gasteiger partial charge is 0.259 e. The summed E-state index contributed by atoms with van der Waals surface area (Å²) in [5, 5.41) is 0. The summed E-state index contributed by atoms with van der Waals surface area (Å²) in [5.41, 5.74) is 0.614. The van der Waals surface area contributed by atoms with Gasteiger partial charge in [-0.2, -0.15) is 0 Å². The molecule has 0 aliphatic heterocycles. The first kappa shape index (κ1) is 11.1. The standard InChI is InChI=1S/C10H16FN/c1-5-9(4)6-10(11)7-12-8(2)3/h6-7,9H,2,5H2,1,3-4H3/b10-6+,12-7-. The molecule has 0 N–H and O–H groups in total. The fraction of sp³-hybridized carbons (Fsp3) is 0.500.